The summed E-state index contributed by atoms with van der Waals surface area (Å²) in [5.74, 6) is 1.41. The normalized spacial score (nSPS) is 13.8. The standard InChI is InChI=1S/C27H30N4O4/c1-3-35-25(32)16-19-12-14-31(15-13-19)26(33)21-4-8-23(9-5-21)30-27-28-17-22(18-29-27)20-6-10-24(34-2)11-7-20/h4-11,17-19H,3,12-16H2,1-2H3,(H,28,29,30). The van der Waals surface area contributed by atoms with Crippen molar-refractivity contribution in [2.45, 2.75) is 26.2 Å². The molecule has 1 aliphatic rings. The van der Waals surface area contributed by atoms with Crippen molar-refractivity contribution in [3.05, 3.63) is 66.5 Å². The van der Waals surface area contributed by atoms with E-state index in [-0.39, 0.29) is 17.8 Å². The highest BCUT2D eigenvalue weighted by molar-refractivity contribution is 5.94. The molecule has 1 amide bonds. The van der Waals surface area contributed by atoms with E-state index in [1.807, 2.05) is 48.2 Å². The molecule has 0 bridgehead atoms. The minimum atomic E-state index is -0.153. The Morgan fingerprint density at radius 1 is 0.971 bits per heavy atom. The predicted octanol–water partition coefficient (Wildman–Crippen LogP) is 4.70. The Morgan fingerprint density at radius 3 is 2.23 bits per heavy atom. The highest BCUT2D eigenvalue weighted by atomic mass is 16.5. The van der Waals surface area contributed by atoms with Crippen molar-refractivity contribution >= 4 is 23.5 Å². The number of amides is 1. The van der Waals surface area contributed by atoms with Gasteiger partial charge in [-0.3, -0.25) is 9.59 Å². The van der Waals surface area contributed by atoms with E-state index in [2.05, 4.69) is 15.3 Å². The van der Waals surface area contributed by atoms with Gasteiger partial charge in [0.1, 0.15) is 5.75 Å². The number of methoxy groups -OCH3 is 1. The molecule has 0 atom stereocenters. The molecule has 1 aliphatic heterocycles. The molecule has 3 aromatic rings. The van der Waals surface area contributed by atoms with Crippen LogP contribution in [0, 0.1) is 5.92 Å². The third-order valence-electron chi connectivity index (χ3n) is 6.13. The lowest BCUT2D eigenvalue weighted by atomic mass is 9.93. The quantitative estimate of drug-likeness (QED) is 0.473. The zero-order valence-corrected chi connectivity index (χ0v) is 20.1. The van der Waals surface area contributed by atoms with Crippen molar-refractivity contribution < 1.29 is 19.1 Å². The molecule has 1 fully saturated rings. The van der Waals surface area contributed by atoms with E-state index in [0.717, 1.165) is 35.4 Å². The van der Waals surface area contributed by atoms with Crippen molar-refractivity contribution in [2.75, 3.05) is 32.1 Å². The fraction of sp³-hybridized carbons (Fsp3) is 0.333. The van der Waals surface area contributed by atoms with E-state index < -0.39 is 0 Å². The molecule has 35 heavy (non-hydrogen) atoms. The second-order valence-corrected chi connectivity index (χ2v) is 8.47. The van der Waals surface area contributed by atoms with Crippen LogP contribution in [0.25, 0.3) is 11.1 Å². The molecule has 0 radical (unpaired) electrons. The van der Waals surface area contributed by atoms with Gasteiger partial charge in [0.15, 0.2) is 0 Å². The molecule has 8 heteroatoms. The van der Waals surface area contributed by atoms with E-state index >= 15 is 0 Å². The number of aromatic nitrogens is 2. The maximum absolute atomic E-state index is 12.9. The van der Waals surface area contributed by atoms with Crippen LogP contribution in [0.4, 0.5) is 11.6 Å². The first-order valence-corrected chi connectivity index (χ1v) is 11.8. The van der Waals surface area contributed by atoms with Gasteiger partial charge < -0.3 is 19.7 Å². The zero-order chi connectivity index (χ0) is 24.6. The van der Waals surface area contributed by atoms with Crippen molar-refractivity contribution in [1.29, 1.82) is 0 Å². The van der Waals surface area contributed by atoms with Gasteiger partial charge in [-0.2, -0.15) is 0 Å². The van der Waals surface area contributed by atoms with Crippen LogP contribution in [-0.2, 0) is 9.53 Å². The van der Waals surface area contributed by atoms with Crippen molar-refractivity contribution in [3.8, 4) is 16.9 Å². The number of carbonyl (C=O) groups excluding carboxylic acids is 2. The minimum absolute atomic E-state index is 0.00577. The molecule has 0 aliphatic carbocycles. The van der Waals surface area contributed by atoms with Gasteiger partial charge in [-0.05, 0) is 67.6 Å². The summed E-state index contributed by atoms with van der Waals surface area (Å²) in [6, 6.07) is 15.0. The molecule has 182 valence electrons. The molecule has 0 unspecified atom stereocenters. The number of esters is 1. The van der Waals surface area contributed by atoms with Gasteiger partial charge in [0.25, 0.3) is 5.91 Å². The van der Waals surface area contributed by atoms with Crippen molar-refractivity contribution in [2.24, 2.45) is 5.92 Å². The van der Waals surface area contributed by atoms with Crippen molar-refractivity contribution in [3.63, 3.8) is 0 Å². The Morgan fingerprint density at radius 2 is 1.63 bits per heavy atom. The average Bonchev–Trinajstić information content (AvgIpc) is 2.90. The van der Waals surface area contributed by atoms with Gasteiger partial charge in [0.05, 0.1) is 13.7 Å². The fourth-order valence-corrected chi connectivity index (χ4v) is 4.13. The van der Waals surface area contributed by atoms with Crippen LogP contribution in [0.1, 0.15) is 36.5 Å². The fourth-order valence-electron chi connectivity index (χ4n) is 4.13. The molecule has 2 aromatic carbocycles. The molecular formula is C27H30N4O4. The number of piperidine rings is 1. The molecule has 0 spiro atoms. The molecule has 0 saturated carbocycles. The topological polar surface area (TPSA) is 93.7 Å². The van der Waals surface area contributed by atoms with Gasteiger partial charge in [-0.1, -0.05) is 12.1 Å². The number of carbonyl (C=O) groups is 2. The third-order valence-corrected chi connectivity index (χ3v) is 6.13. The number of hydrogen-bond acceptors (Lipinski definition) is 7. The Balaban J connectivity index is 1.30. The van der Waals surface area contributed by atoms with Gasteiger partial charge in [-0.25, -0.2) is 9.97 Å². The van der Waals surface area contributed by atoms with Crippen LogP contribution in [0.2, 0.25) is 0 Å². The smallest absolute Gasteiger partial charge is 0.306 e. The largest absolute Gasteiger partial charge is 0.497 e. The molecule has 1 N–H and O–H groups in total. The van der Waals surface area contributed by atoms with Crippen molar-refractivity contribution in [1.82, 2.24) is 14.9 Å². The number of nitrogens with one attached hydrogen (secondary N) is 1. The summed E-state index contributed by atoms with van der Waals surface area (Å²) in [5.41, 5.74) is 3.34. The summed E-state index contributed by atoms with van der Waals surface area (Å²) in [6.07, 6.45) is 5.59. The van der Waals surface area contributed by atoms with E-state index in [4.69, 9.17) is 9.47 Å². The Hall–Kier alpha value is -3.94. The van der Waals surface area contributed by atoms with E-state index in [9.17, 15) is 9.59 Å². The molecule has 8 nitrogen and oxygen atoms in total. The van der Waals surface area contributed by atoms with Crippen LogP contribution in [0.3, 0.4) is 0 Å². The lowest BCUT2D eigenvalue weighted by Crippen LogP contribution is -2.39. The van der Waals surface area contributed by atoms with E-state index in [1.54, 1.807) is 31.6 Å². The van der Waals surface area contributed by atoms with Crippen LogP contribution in [0.15, 0.2) is 60.9 Å². The zero-order valence-electron chi connectivity index (χ0n) is 20.1. The van der Waals surface area contributed by atoms with Crippen LogP contribution >= 0.6 is 0 Å². The van der Waals surface area contributed by atoms with Gasteiger partial charge in [0.2, 0.25) is 5.95 Å². The van der Waals surface area contributed by atoms with Crippen LogP contribution in [0.5, 0.6) is 5.75 Å². The Labute approximate surface area is 205 Å². The molecular weight excluding hydrogens is 444 g/mol. The molecule has 1 aromatic heterocycles. The van der Waals surface area contributed by atoms with Gasteiger partial charge in [-0.15, -0.1) is 0 Å². The van der Waals surface area contributed by atoms with Gasteiger partial charge in [0, 0.05) is 48.7 Å². The second kappa shape index (κ2) is 11.5. The maximum Gasteiger partial charge on any atom is 0.306 e. The highest BCUT2D eigenvalue weighted by Crippen LogP contribution is 2.24. The summed E-state index contributed by atoms with van der Waals surface area (Å²) >= 11 is 0. The number of likely N-dealkylation sites (tertiary alicyclic amines) is 1. The SMILES string of the molecule is CCOC(=O)CC1CCN(C(=O)c2ccc(Nc3ncc(-c4ccc(OC)cc4)cn3)cc2)CC1. The number of ether oxygens (including phenoxy) is 2. The molecule has 4 rings (SSSR count). The van der Waals surface area contributed by atoms with Crippen LogP contribution in [-0.4, -0.2) is 53.6 Å². The Kier molecular flexibility index (Phi) is 7.92. The lowest BCUT2D eigenvalue weighted by Gasteiger charge is -2.31. The Bertz CT molecular complexity index is 1120. The first-order chi connectivity index (χ1) is 17.1. The maximum atomic E-state index is 12.9. The second-order valence-electron chi connectivity index (χ2n) is 8.47. The third kappa shape index (κ3) is 6.35. The number of anilines is 2. The minimum Gasteiger partial charge on any atom is -0.497 e. The summed E-state index contributed by atoms with van der Waals surface area (Å²) in [4.78, 5) is 35.2. The van der Waals surface area contributed by atoms with Crippen LogP contribution < -0.4 is 10.1 Å². The molecule has 1 saturated heterocycles. The van der Waals surface area contributed by atoms with Gasteiger partial charge >= 0.3 is 5.97 Å². The van der Waals surface area contributed by atoms with E-state index in [0.29, 0.717) is 37.6 Å². The summed E-state index contributed by atoms with van der Waals surface area (Å²) in [5, 5.41) is 3.17. The number of benzene rings is 2. The average molecular weight is 475 g/mol. The summed E-state index contributed by atoms with van der Waals surface area (Å²) in [6.45, 7) is 3.52. The number of hydrogen-bond donors (Lipinski definition) is 1. The first kappa shape index (κ1) is 24.2. The number of rotatable bonds is 8. The lowest BCUT2D eigenvalue weighted by molar-refractivity contribution is -0.144. The predicted molar refractivity (Wildman–Crippen MR) is 134 cm³/mol. The highest BCUT2D eigenvalue weighted by Gasteiger charge is 2.25. The van der Waals surface area contributed by atoms with E-state index in [1.165, 1.54) is 0 Å². The summed E-state index contributed by atoms with van der Waals surface area (Å²) in [7, 11) is 1.64. The monoisotopic (exact) mass is 474 g/mol. The number of nitrogens with zero attached hydrogens (tertiary/aromatic N) is 3. The summed E-state index contributed by atoms with van der Waals surface area (Å²) < 4.78 is 10.2. The molecule has 2 heterocycles. The first-order valence-electron chi connectivity index (χ1n) is 11.8.